The average Bonchev–Trinajstić information content (AvgIpc) is 2.77. The lowest BCUT2D eigenvalue weighted by Gasteiger charge is -2.13. The van der Waals surface area contributed by atoms with Crippen molar-refractivity contribution in [2.75, 3.05) is 0 Å². The maximum atomic E-state index is 9.81. The van der Waals surface area contributed by atoms with Crippen molar-refractivity contribution in [3.05, 3.63) is 41.9 Å². The number of hydrogen-bond acceptors (Lipinski definition) is 4. The smallest absolute Gasteiger partial charge is 0.171 e. The predicted molar refractivity (Wildman–Crippen MR) is 61.3 cm³/mol. The first kappa shape index (κ1) is 11.3. The molecule has 2 aromatic rings. The average molecular weight is 228 g/mol. The van der Waals surface area contributed by atoms with E-state index >= 15 is 0 Å². The molecule has 0 aliphatic rings. The molecule has 5 heteroatoms. The third kappa shape index (κ3) is 2.17. The lowest BCUT2D eigenvalue weighted by Crippen LogP contribution is -2.17. The van der Waals surface area contributed by atoms with Gasteiger partial charge in [-0.3, -0.25) is 0 Å². The van der Waals surface area contributed by atoms with Crippen LogP contribution < -0.4 is 0 Å². The van der Waals surface area contributed by atoms with E-state index in [0.29, 0.717) is 17.1 Å². The summed E-state index contributed by atoms with van der Waals surface area (Å²) in [6, 6.07) is 7.13. The van der Waals surface area contributed by atoms with Crippen LogP contribution >= 0.6 is 0 Å². The largest absolute Gasteiger partial charge is 0.384 e. The van der Waals surface area contributed by atoms with Crippen molar-refractivity contribution in [2.45, 2.75) is 19.4 Å². The number of rotatable bonds is 2. The fourth-order valence-corrected chi connectivity index (χ4v) is 1.43. The highest BCUT2D eigenvalue weighted by atomic mass is 16.3. The second-order valence-electron chi connectivity index (χ2n) is 4.19. The lowest BCUT2D eigenvalue weighted by molar-refractivity contribution is 0.0734. The first-order valence-electron chi connectivity index (χ1n) is 5.16. The first-order chi connectivity index (χ1) is 8.02. The Kier molecular flexibility index (Phi) is 2.66. The standard InChI is InChI=1S/C12H12N4O/c1-12(2,17)10-5-7-16(15-10)11-9(8-13)4-3-6-14-11/h3-7,17H,1-2H3. The summed E-state index contributed by atoms with van der Waals surface area (Å²) in [5, 5.41) is 23.0. The van der Waals surface area contributed by atoms with Gasteiger partial charge in [-0.1, -0.05) is 0 Å². The minimum Gasteiger partial charge on any atom is -0.384 e. The molecule has 5 nitrogen and oxygen atoms in total. The minimum atomic E-state index is -1.01. The molecular weight excluding hydrogens is 216 g/mol. The van der Waals surface area contributed by atoms with E-state index in [1.807, 2.05) is 0 Å². The molecule has 0 aliphatic carbocycles. The second-order valence-corrected chi connectivity index (χ2v) is 4.19. The van der Waals surface area contributed by atoms with Crippen LogP contribution in [0.5, 0.6) is 0 Å². The molecule has 0 saturated heterocycles. The van der Waals surface area contributed by atoms with E-state index < -0.39 is 5.60 Å². The van der Waals surface area contributed by atoms with Crippen LogP contribution in [0.15, 0.2) is 30.6 Å². The Labute approximate surface area is 99.0 Å². The van der Waals surface area contributed by atoms with Crippen molar-refractivity contribution in [1.82, 2.24) is 14.8 Å². The van der Waals surface area contributed by atoms with Crippen molar-refractivity contribution in [1.29, 1.82) is 5.26 Å². The maximum Gasteiger partial charge on any atom is 0.171 e. The summed E-state index contributed by atoms with van der Waals surface area (Å²) in [6.07, 6.45) is 3.28. The molecule has 1 N–H and O–H groups in total. The second kappa shape index (κ2) is 4.00. The Balaban J connectivity index is 2.49. The summed E-state index contributed by atoms with van der Waals surface area (Å²) < 4.78 is 1.49. The van der Waals surface area contributed by atoms with E-state index in [0.717, 1.165) is 0 Å². The number of nitrogens with zero attached hydrogens (tertiary/aromatic N) is 4. The van der Waals surface area contributed by atoms with Crippen LogP contribution in [-0.4, -0.2) is 19.9 Å². The zero-order valence-electron chi connectivity index (χ0n) is 9.62. The van der Waals surface area contributed by atoms with Crippen LogP contribution in [0, 0.1) is 11.3 Å². The molecule has 0 saturated carbocycles. The Morgan fingerprint density at radius 1 is 1.41 bits per heavy atom. The molecule has 0 fully saturated rings. The molecule has 2 aromatic heterocycles. The zero-order valence-corrected chi connectivity index (χ0v) is 9.62. The molecule has 0 radical (unpaired) electrons. The number of nitriles is 1. The van der Waals surface area contributed by atoms with Crippen molar-refractivity contribution < 1.29 is 5.11 Å². The molecule has 0 aliphatic heterocycles. The van der Waals surface area contributed by atoms with Crippen LogP contribution in [0.4, 0.5) is 0 Å². The molecule has 0 unspecified atom stereocenters. The number of aromatic nitrogens is 3. The van der Waals surface area contributed by atoms with Crippen LogP contribution in [0.3, 0.4) is 0 Å². The molecule has 17 heavy (non-hydrogen) atoms. The van der Waals surface area contributed by atoms with Crippen molar-refractivity contribution in [3.63, 3.8) is 0 Å². The van der Waals surface area contributed by atoms with Gasteiger partial charge in [-0.25, -0.2) is 9.67 Å². The Hall–Kier alpha value is -2.19. The van der Waals surface area contributed by atoms with E-state index in [-0.39, 0.29) is 0 Å². The van der Waals surface area contributed by atoms with Crippen molar-refractivity contribution in [3.8, 4) is 11.9 Å². The highest BCUT2D eigenvalue weighted by molar-refractivity contribution is 5.42. The van der Waals surface area contributed by atoms with Gasteiger partial charge in [0.15, 0.2) is 5.82 Å². The van der Waals surface area contributed by atoms with Crippen molar-refractivity contribution in [2.24, 2.45) is 0 Å². The summed E-state index contributed by atoms with van der Waals surface area (Å²) in [5.41, 5.74) is -0.0303. The Bertz CT molecular complexity index is 575. The Morgan fingerprint density at radius 3 is 2.76 bits per heavy atom. The topological polar surface area (TPSA) is 74.7 Å². The maximum absolute atomic E-state index is 9.81. The van der Waals surface area contributed by atoms with Gasteiger partial charge in [0, 0.05) is 12.4 Å². The third-order valence-electron chi connectivity index (χ3n) is 2.34. The monoisotopic (exact) mass is 228 g/mol. The molecule has 2 rings (SSSR count). The summed E-state index contributed by atoms with van der Waals surface area (Å²) in [6.45, 7) is 3.31. The van der Waals surface area contributed by atoms with Gasteiger partial charge >= 0.3 is 0 Å². The van der Waals surface area contributed by atoms with Gasteiger partial charge in [-0.2, -0.15) is 10.4 Å². The van der Waals surface area contributed by atoms with Gasteiger partial charge in [-0.05, 0) is 32.0 Å². The number of aliphatic hydroxyl groups is 1. The van der Waals surface area contributed by atoms with E-state index in [1.54, 1.807) is 44.4 Å². The predicted octanol–water partition coefficient (Wildman–Crippen LogP) is 1.37. The molecule has 0 spiro atoms. The van der Waals surface area contributed by atoms with Gasteiger partial charge in [-0.15, -0.1) is 0 Å². The first-order valence-corrected chi connectivity index (χ1v) is 5.16. The molecule has 0 bridgehead atoms. The fraction of sp³-hybridized carbons (Fsp3) is 0.250. The van der Waals surface area contributed by atoms with E-state index in [9.17, 15) is 5.11 Å². The van der Waals surface area contributed by atoms with Crippen LogP contribution in [0.25, 0.3) is 5.82 Å². The van der Waals surface area contributed by atoms with Gasteiger partial charge in [0.25, 0.3) is 0 Å². The van der Waals surface area contributed by atoms with E-state index in [4.69, 9.17) is 5.26 Å². The van der Waals surface area contributed by atoms with Crippen molar-refractivity contribution >= 4 is 0 Å². The van der Waals surface area contributed by atoms with Crippen LogP contribution in [0.2, 0.25) is 0 Å². The van der Waals surface area contributed by atoms with E-state index in [2.05, 4.69) is 16.2 Å². The van der Waals surface area contributed by atoms with Gasteiger partial charge in [0.05, 0.1) is 11.3 Å². The molecule has 0 aromatic carbocycles. The SMILES string of the molecule is CC(C)(O)c1ccn(-c2ncccc2C#N)n1. The number of pyridine rings is 1. The molecule has 0 atom stereocenters. The minimum absolute atomic E-state index is 0.442. The summed E-state index contributed by atoms with van der Waals surface area (Å²) in [4.78, 5) is 4.11. The summed E-state index contributed by atoms with van der Waals surface area (Å²) >= 11 is 0. The van der Waals surface area contributed by atoms with Gasteiger partial charge in [0.1, 0.15) is 11.7 Å². The molecule has 0 amide bonds. The number of hydrogen-bond donors (Lipinski definition) is 1. The Morgan fingerprint density at radius 2 is 2.18 bits per heavy atom. The highest BCUT2D eigenvalue weighted by Gasteiger charge is 2.20. The zero-order chi connectivity index (χ0) is 12.5. The van der Waals surface area contributed by atoms with E-state index in [1.165, 1.54) is 4.68 Å². The molecular formula is C12H12N4O. The van der Waals surface area contributed by atoms with Crippen LogP contribution in [-0.2, 0) is 5.60 Å². The normalized spacial score (nSPS) is 11.2. The quantitative estimate of drug-likeness (QED) is 0.842. The summed E-state index contributed by atoms with van der Waals surface area (Å²) in [7, 11) is 0. The van der Waals surface area contributed by atoms with Gasteiger partial charge in [0.2, 0.25) is 0 Å². The molecule has 86 valence electrons. The lowest BCUT2D eigenvalue weighted by atomic mass is 10.1. The fourth-order valence-electron chi connectivity index (χ4n) is 1.43. The van der Waals surface area contributed by atoms with Gasteiger partial charge < -0.3 is 5.11 Å². The summed E-state index contributed by atoms with van der Waals surface area (Å²) in [5.74, 6) is 0.463. The molecule has 2 heterocycles. The third-order valence-corrected chi connectivity index (χ3v) is 2.34. The van der Waals surface area contributed by atoms with Crippen LogP contribution in [0.1, 0.15) is 25.1 Å². The highest BCUT2D eigenvalue weighted by Crippen LogP contribution is 2.18.